The van der Waals surface area contributed by atoms with Crippen molar-refractivity contribution in [2.45, 2.75) is 32.2 Å². The topological polar surface area (TPSA) is 80.0 Å². The Hall–Kier alpha value is -2.65. The van der Waals surface area contributed by atoms with Crippen LogP contribution in [0.25, 0.3) is 10.4 Å². The van der Waals surface area contributed by atoms with E-state index in [0.717, 1.165) is 21.7 Å². The predicted molar refractivity (Wildman–Crippen MR) is 99.4 cm³/mol. The highest BCUT2D eigenvalue weighted by Gasteiger charge is 2.39. The smallest absolute Gasteiger partial charge is 0.231 e. The first-order valence-electron chi connectivity index (χ1n) is 8.15. The summed E-state index contributed by atoms with van der Waals surface area (Å²) in [7, 11) is 1.61. The Morgan fingerprint density at radius 1 is 1.44 bits per heavy atom. The number of benzene rings is 1. The molecular formula is C19H20N4OS. The van der Waals surface area contributed by atoms with Gasteiger partial charge < -0.3 is 5.32 Å². The first-order chi connectivity index (χ1) is 11.9. The molecule has 3 rings (SSSR count). The molecule has 1 aliphatic rings. The van der Waals surface area contributed by atoms with Crippen LogP contribution < -0.4 is 5.32 Å². The Balaban J connectivity index is 2.05. The van der Waals surface area contributed by atoms with E-state index in [-0.39, 0.29) is 11.9 Å². The van der Waals surface area contributed by atoms with E-state index in [4.69, 9.17) is 10.7 Å². The van der Waals surface area contributed by atoms with E-state index in [9.17, 15) is 4.79 Å². The van der Waals surface area contributed by atoms with Crippen LogP contribution in [0, 0.1) is 16.7 Å². The third-order valence-corrected chi connectivity index (χ3v) is 6.09. The lowest BCUT2D eigenvalue weighted by molar-refractivity contribution is -0.129. The van der Waals surface area contributed by atoms with Gasteiger partial charge >= 0.3 is 0 Å². The molecule has 128 valence electrons. The van der Waals surface area contributed by atoms with Gasteiger partial charge in [-0.1, -0.05) is 19.1 Å². The molecule has 1 aromatic carbocycles. The number of guanidine groups is 1. The highest BCUT2D eigenvalue weighted by molar-refractivity contribution is 7.15. The number of carbonyl (C=O) groups excluding carboxylic acids is 1. The maximum absolute atomic E-state index is 12.2. The van der Waals surface area contributed by atoms with Gasteiger partial charge in [0.05, 0.1) is 23.6 Å². The predicted octanol–water partition coefficient (Wildman–Crippen LogP) is 3.45. The first-order valence-corrected chi connectivity index (χ1v) is 8.96. The second-order valence-corrected chi connectivity index (χ2v) is 7.50. The van der Waals surface area contributed by atoms with Crippen LogP contribution in [0.1, 0.15) is 36.3 Å². The SMILES string of the molecule is CCc1cc([C@]2(C)CC(=O)N(C)C(=N)N2)sc1-c1cccc(C#N)c1. The van der Waals surface area contributed by atoms with Crippen LogP contribution in [0.5, 0.6) is 0 Å². The number of nitriles is 1. The molecule has 0 bridgehead atoms. The van der Waals surface area contributed by atoms with Crippen molar-refractivity contribution in [2.75, 3.05) is 7.05 Å². The van der Waals surface area contributed by atoms with E-state index >= 15 is 0 Å². The molecule has 1 atom stereocenters. The standard InChI is InChI=1S/C19H20N4OS/c1-4-13-9-15(19(2)10-16(24)23(3)18(21)22-19)25-17(13)14-7-5-6-12(8-14)11-20/h5-9H,4,10H2,1-3H3,(H2,21,22)/t19-/m0/s1. The van der Waals surface area contributed by atoms with Crippen LogP contribution in [-0.4, -0.2) is 23.8 Å². The minimum atomic E-state index is -0.583. The summed E-state index contributed by atoms with van der Waals surface area (Å²) >= 11 is 1.63. The fourth-order valence-electron chi connectivity index (χ4n) is 3.02. The van der Waals surface area contributed by atoms with Crippen LogP contribution >= 0.6 is 11.3 Å². The molecule has 0 radical (unpaired) electrons. The third-order valence-electron chi connectivity index (χ3n) is 4.60. The largest absolute Gasteiger partial charge is 0.345 e. The number of aryl methyl sites for hydroxylation is 1. The average Bonchev–Trinajstić information content (AvgIpc) is 3.05. The summed E-state index contributed by atoms with van der Waals surface area (Å²) in [4.78, 5) is 15.7. The summed E-state index contributed by atoms with van der Waals surface area (Å²) in [6, 6.07) is 11.9. The summed E-state index contributed by atoms with van der Waals surface area (Å²) in [5.41, 5.74) is 2.26. The van der Waals surface area contributed by atoms with Crippen molar-refractivity contribution in [2.24, 2.45) is 0 Å². The maximum Gasteiger partial charge on any atom is 0.231 e. The highest BCUT2D eigenvalue weighted by atomic mass is 32.1. The molecule has 0 spiro atoms. The zero-order chi connectivity index (χ0) is 18.2. The van der Waals surface area contributed by atoms with Crippen molar-refractivity contribution in [3.63, 3.8) is 0 Å². The first kappa shape index (κ1) is 17.2. The summed E-state index contributed by atoms with van der Waals surface area (Å²) in [6.45, 7) is 4.06. The summed E-state index contributed by atoms with van der Waals surface area (Å²) in [5.74, 6) is 0.0592. The van der Waals surface area contributed by atoms with Crippen molar-refractivity contribution < 1.29 is 4.79 Å². The van der Waals surface area contributed by atoms with Gasteiger partial charge in [-0.3, -0.25) is 15.1 Å². The van der Waals surface area contributed by atoms with Gasteiger partial charge in [-0.25, -0.2) is 0 Å². The van der Waals surface area contributed by atoms with Crippen LogP contribution in [0.4, 0.5) is 0 Å². The van der Waals surface area contributed by atoms with E-state index in [1.807, 2.05) is 25.1 Å². The van der Waals surface area contributed by atoms with Gasteiger partial charge in [-0.2, -0.15) is 5.26 Å². The van der Waals surface area contributed by atoms with E-state index in [2.05, 4.69) is 24.4 Å². The Kier molecular flexibility index (Phi) is 4.36. The minimum absolute atomic E-state index is 0.0641. The molecule has 1 aromatic heterocycles. The van der Waals surface area contributed by atoms with Crippen molar-refractivity contribution in [3.8, 4) is 16.5 Å². The highest BCUT2D eigenvalue weighted by Crippen LogP contribution is 2.40. The third kappa shape index (κ3) is 3.03. The summed E-state index contributed by atoms with van der Waals surface area (Å²) in [6.07, 6.45) is 1.18. The van der Waals surface area contributed by atoms with E-state index in [1.54, 1.807) is 24.5 Å². The minimum Gasteiger partial charge on any atom is -0.345 e. The monoisotopic (exact) mass is 352 g/mol. The van der Waals surface area contributed by atoms with Crippen molar-refractivity contribution in [3.05, 3.63) is 46.3 Å². The zero-order valence-electron chi connectivity index (χ0n) is 14.5. The molecule has 5 nitrogen and oxygen atoms in total. The zero-order valence-corrected chi connectivity index (χ0v) is 15.3. The van der Waals surface area contributed by atoms with Gasteiger partial charge in [-0.05, 0) is 42.7 Å². The molecule has 2 heterocycles. The number of hydrogen-bond donors (Lipinski definition) is 2. The Labute approximate surface area is 151 Å². The van der Waals surface area contributed by atoms with E-state index in [1.165, 1.54) is 10.5 Å². The molecule has 0 aliphatic carbocycles. The van der Waals surface area contributed by atoms with Crippen LogP contribution in [0.3, 0.4) is 0 Å². The van der Waals surface area contributed by atoms with Crippen LogP contribution in [-0.2, 0) is 16.8 Å². The number of nitrogens with zero attached hydrogens (tertiary/aromatic N) is 2. The lowest BCUT2D eigenvalue weighted by Crippen LogP contribution is -2.57. The number of rotatable bonds is 3. The van der Waals surface area contributed by atoms with E-state index in [0.29, 0.717) is 12.0 Å². The van der Waals surface area contributed by atoms with Crippen LogP contribution in [0.15, 0.2) is 30.3 Å². The van der Waals surface area contributed by atoms with Gasteiger partial charge in [0.1, 0.15) is 0 Å². The normalized spacial score (nSPS) is 20.3. The van der Waals surface area contributed by atoms with Gasteiger partial charge in [0, 0.05) is 16.8 Å². The van der Waals surface area contributed by atoms with Gasteiger partial charge in [0.2, 0.25) is 5.91 Å². The average molecular weight is 352 g/mol. The van der Waals surface area contributed by atoms with Gasteiger partial charge in [-0.15, -0.1) is 11.3 Å². The molecule has 1 aliphatic heterocycles. The number of hydrogen-bond acceptors (Lipinski definition) is 4. The Morgan fingerprint density at radius 3 is 2.84 bits per heavy atom. The second-order valence-electron chi connectivity index (χ2n) is 6.45. The van der Waals surface area contributed by atoms with Gasteiger partial charge in [0.15, 0.2) is 5.96 Å². The van der Waals surface area contributed by atoms with E-state index < -0.39 is 5.54 Å². The van der Waals surface area contributed by atoms with Crippen LogP contribution in [0.2, 0.25) is 0 Å². The van der Waals surface area contributed by atoms with Gasteiger partial charge in [0.25, 0.3) is 0 Å². The lowest BCUT2D eigenvalue weighted by atomic mass is 9.92. The second kappa shape index (κ2) is 6.34. The van der Waals surface area contributed by atoms with Crippen molar-refractivity contribution >= 4 is 23.2 Å². The molecule has 1 fully saturated rings. The maximum atomic E-state index is 12.2. The van der Waals surface area contributed by atoms with Crippen molar-refractivity contribution in [1.82, 2.24) is 10.2 Å². The lowest BCUT2D eigenvalue weighted by Gasteiger charge is -2.38. The molecule has 2 N–H and O–H groups in total. The molecular weight excluding hydrogens is 332 g/mol. The summed E-state index contributed by atoms with van der Waals surface area (Å²) in [5, 5.41) is 20.3. The number of amides is 1. The molecule has 2 aromatic rings. The molecule has 6 heteroatoms. The number of nitrogens with one attached hydrogen (secondary N) is 2. The molecule has 1 amide bonds. The number of thiophene rings is 1. The molecule has 0 unspecified atom stereocenters. The number of carbonyl (C=O) groups is 1. The molecule has 25 heavy (non-hydrogen) atoms. The van der Waals surface area contributed by atoms with Crippen molar-refractivity contribution in [1.29, 1.82) is 10.7 Å². The fraction of sp³-hybridized carbons (Fsp3) is 0.316. The Morgan fingerprint density at radius 2 is 2.20 bits per heavy atom. The molecule has 0 saturated carbocycles. The quantitative estimate of drug-likeness (QED) is 0.888. The summed E-state index contributed by atoms with van der Waals surface area (Å²) < 4.78 is 0. The Bertz CT molecular complexity index is 875. The molecule has 1 saturated heterocycles. The fourth-order valence-corrected chi connectivity index (χ4v) is 4.37.